The molecule has 178 valence electrons. The van der Waals surface area contributed by atoms with Crippen LogP contribution in [0.4, 0.5) is 5.82 Å². The molecule has 5 aromatic rings. The number of hydrogen-bond acceptors (Lipinski definition) is 7. The second kappa shape index (κ2) is 8.71. The number of nitrogens with one attached hydrogen (secondary N) is 2. The number of H-pyrrole nitrogens is 1. The Morgan fingerprint density at radius 2 is 1.94 bits per heavy atom. The Kier molecular flexibility index (Phi) is 5.56. The summed E-state index contributed by atoms with van der Waals surface area (Å²) in [6.07, 6.45) is 1.79. The van der Waals surface area contributed by atoms with Gasteiger partial charge in [-0.15, -0.1) is 0 Å². The van der Waals surface area contributed by atoms with Gasteiger partial charge in [0.15, 0.2) is 5.82 Å². The number of phenolic OH excluding ortho intramolecular Hbond substituents is 1. The van der Waals surface area contributed by atoms with Crippen LogP contribution in [0, 0.1) is 6.92 Å². The van der Waals surface area contributed by atoms with E-state index in [4.69, 9.17) is 4.98 Å². The Bertz CT molecular complexity index is 1570. The van der Waals surface area contributed by atoms with E-state index in [0.717, 1.165) is 40.1 Å². The van der Waals surface area contributed by atoms with Gasteiger partial charge in [0.05, 0.1) is 17.2 Å². The van der Waals surface area contributed by atoms with Crippen LogP contribution < -0.4 is 5.32 Å². The predicted molar refractivity (Wildman–Crippen MR) is 134 cm³/mol. The molecule has 0 atom stereocenters. The fourth-order valence-corrected chi connectivity index (χ4v) is 4.22. The normalized spacial score (nSPS) is 11.3. The summed E-state index contributed by atoms with van der Waals surface area (Å²) in [5.41, 5.74) is 4.34. The van der Waals surface area contributed by atoms with E-state index < -0.39 is 0 Å². The fraction of sp³-hybridized carbons (Fsp3) is 0.240. The smallest absolute Gasteiger partial charge is 0.273 e. The SMILES string of the molecule is CCn1ncc(CN(C)C(=O)c2nc(-c3ccc4n[nH]c(NC)c4c3)nc3ccc(O)cc23)c1C. The molecule has 5 rings (SSSR count). The first-order chi connectivity index (χ1) is 16.9. The standard InChI is InChI=1S/C25H26N8O2/c1-5-33-14(2)16(12-27-33)13-32(4)25(35)22-18-11-17(34)7-9-20(18)28-23(29-22)15-6-8-21-19(10-15)24(26-3)31-30-21/h6-12,34H,5,13H2,1-4H3,(H2,26,30,31). The molecule has 0 spiro atoms. The average molecular weight is 471 g/mol. The summed E-state index contributed by atoms with van der Waals surface area (Å²) in [5, 5.41) is 26.2. The van der Waals surface area contributed by atoms with E-state index in [9.17, 15) is 9.90 Å². The molecular weight excluding hydrogens is 444 g/mol. The van der Waals surface area contributed by atoms with Crippen LogP contribution in [0.3, 0.4) is 0 Å². The Labute approximate surface area is 201 Å². The zero-order valence-corrected chi connectivity index (χ0v) is 20.0. The highest BCUT2D eigenvalue weighted by atomic mass is 16.3. The summed E-state index contributed by atoms with van der Waals surface area (Å²) >= 11 is 0. The number of aromatic nitrogens is 6. The fourth-order valence-electron chi connectivity index (χ4n) is 4.22. The molecule has 35 heavy (non-hydrogen) atoms. The number of amides is 1. The number of anilines is 1. The van der Waals surface area contributed by atoms with Gasteiger partial charge in [-0.3, -0.25) is 14.6 Å². The molecule has 0 saturated heterocycles. The molecule has 3 N–H and O–H groups in total. The van der Waals surface area contributed by atoms with Crippen LogP contribution in [0.1, 0.15) is 28.7 Å². The van der Waals surface area contributed by atoms with Gasteiger partial charge in [0.25, 0.3) is 5.91 Å². The lowest BCUT2D eigenvalue weighted by atomic mass is 10.1. The lowest BCUT2D eigenvalue weighted by Crippen LogP contribution is -2.27. The first kappa shape index (κ1) is 22.3. The summed E-state index contributed by atoms with van der Waals surface area (Å²) in [6.45, 7) is 5.17. The number of carbonyl (C=O) groups excluding carboxylic acids is 1. The Hall–Kier alpha value is -4.47. The molecule has 0 aliphatic carbocycles. The summed E-state index contributed by atoms with van der Waals surface area (Å²) in [4.78, 5) is 24.6. The summed E-state index contributed by atoms with van der Waals surface area (Å²) < 4.78 is 1.90. The minimum atomic E-state index is -0.270. The largest absolute Gasteiger partial charge is 0.508 e. The molecule has 0 bridgehead atoms. The first-order valence-corrected chi connectivity index (χ1v) is 11.3. The van der Waals surface area contributed by atoms with E-state index in [2.05, 4.69) is 25.6 Å². The number of aromatic hydroxyl groups is 1. The zero-order chi connectivity index (χ0) is 24.7. The zero-order valence-electron chi connectivity index (χ0n) is 20.0. The number of aryl methyl sites for hydroxylation is 1. The molecule has 3 aromatic heterocycles. The minimum absolute atomic E-state index is 0.0455. The average Bonchev–Trinajstić information content (AvgIpc) is 3.45. The highest BCUT2D eigenvalue weighted by Gasteiger charge is 2.21. The highest BCUT2D eigenvalue weighted by Crippen LogP contribution is 2.29. The van der Waals surface area contributed by atoms with E-state index in [1.807, 2.05) is 43.8 Å². The van der Waals surface area contributed by atoms with E-state index >= 15 is 0 Å². The molecule has 0 aliphatic heterocycles. The van der Waals surface area contributed by atoms with Crippen LogP contribution >= 0.6 is 0 Å². The molecule has 1 amide bonds. The van der Waals surface area contributed by atoms with Crippen molar-refractivity contribution in [2.45, 2.75) is 26.9 Å². The van der Waals surface area contributed by atoms with Crippen LogP contribution in [0.15, 0.2) is 42.6 Å². The molecule has 0 aliphatic rings. The Balaban J connectivity index is 1.59. The maximum atomic E-state index is 13.6. The van der Waals surface area contributed by atoms with Gasteiger partial charge in [0.2, 0.25) is 0 Å². The molecule has 10 nitrogen and oxygen atoms in total. The second-order valence-electron chi connectivity index (χ2n) is 8.41. The van der Waals surface area contributed by atoms with Crippen LogP contribution in [0.25, 0.3) is 33.2 Å². The lowest BCUT2D eigenvalue weighted by molar-refractivity contribution is 0.0781. The maximum Gasteiger partial charge on any atom is 0.273 e. The third-order valence-electron chi connectivity index (χ3n) is 6.20. The number of aromatic amines is 1. The summed E-state index contributed by atoms with van der Waals surface area (Å²) in [5.74, 6) is 0.976. The molecule has 0 radical (unpaired) electrons. The second-order valence-corrected chi connectivity index (χ2v) is 8.41. The van der Waals surface area contributed by atoms with Crippen LogP contribution in [0.5, 0.6) is 5.75 Å². The van der Waals surface area contributed by atoms with Crippen molar-refractivity contribution in [2.24, 2.45) is 0 Å². The van der Waals surface area contributed by atoms with Gasteiger partial charge in [-0.2, -0.15) is 10.2 Å². The van der Waals surface area contributed by atoms with Crippen molar-refractivity contribution < 1.29 is 9.90 Å². The van der Waals surface area contributed by atoms with Crippen molar-refractivity contribution in [1.82, 2.24) is 34.8 Å². The Morgan fingerprint density at radius 3 is 2.69 bits per heavy atom. The van der Waals surface area contributed by atoms with E-state index in [1.54, 1.807) is 30.3 Å². The number of phenols is 1. The van der Waals surface area contributed by atoms with E-state index in [1.165, 1.54) is 6.07 Å². The highest BCUT2D eigenvalue weighted by molar-refractivity contribution is 6.05. The van der Waals surface area contributed by atoms with Crippen molar-refractivity contribution in [3.8, 4) is 17.1 Å². The van der Waals surface area contributed by atoms with Crippen LogP contribution in [0.2, 0.25) is 0 Å². The molecular formula is C25H26N8O2. The summed E-state index contributed by atoms with van der Waals surface area (Å²) in [7, 11) is 3.55. The van der Waals surface area contributed by atoms with Gasteiger partial charge in [-0.25, -0.2) is 9.97 Å². The van der Waals surface area contributed by atoms with Crippen LogP contribution in [-0.4, -0.2) is 60.0 Å². The van der Waals surface area contributed by atoms with Crippen molar-refractivity contribution >= 4 is 33.5 Å². The van der Waals surface area contributed by atoms with Crippen LogP contribution in [-0.2, 0) is 13.1 Å². The number of carbonyl (C=O) groups is 1. The number of nitrogens with zero attached hydrogens (tertiary/aromatic N) is 6. The summed E-state index contributed by atoms with van der Waals surface area (Å²) in [6, 6.07) is 10.5. The molecule has 10 heteroatoms. The predicted octanol–water partition coefficient (Wildman–Crippen LogP) is 3.72. The van der Waals surface area contributed by atoms with Crippen molar-refractivity contribution in [3.63, 3.8) is 0 Å². The van der Waals surface area contributed by atoms with Crippen molar-refractivity contribution in [1.29, 1.82) is 0 Å². The third kappa shape index (κ3) is 3.92. The maximum absolute atomic E-state index is 13.6. The molecule has 3 heterocycles. The number of benzene rings is 2. The van der Waals surface area contributed by atoms with E-state index in [-0.39, 0.29) is 17.4 Å². The van der Waals surface area contributed by atoms with E-state index in [0.29, 0.717) is 23.3 Å². The Morgan fingerprint density at radius 1 is 1.14 bits per heavy atom. The molecule has 0 saturated carbocycles. The van der Waals surface area contributed by atoms with Crippen molar-refractivity contribution in [3.05, 3.63) is 59.5 Å². The quantitative estimate of drug-likeness (QED) is 0.345. The monoisotopic (exact) mass is 470 g/mol. The van der Waals surface area contributed by atoms with Gasteiger partial charge >= 0.3 is 0 Å². The van der Waals surface area contributed by atoms with Gasteiger partial charge in [0.1, 0.15) is 17.3 Å². The van der Waals surface area contributed by atoms with Gasteiger partial charge in [-0.05, 0) is 50.2 Å². The topological polar surface area (TPSA) is 125 Å². The lowest BCUT2D eigenvalue weighted by Gasteiger charge is -2.18. The first-order valence-electron chi connectivity index (χ1n) is 11.3. The van der Waals surface area contributed by atoms with Gasteiger partial charge in [-0.1, -0.05) is 0 Å². The minimum Gasteiger partial charge on any atom is -0.508 e. The molecule has 2 aromatic carbocycles. The number of rotatable bonds is 6. The van der Waals surface area contributed by atoms with Crippen molar-refractivity contribution in [2.75, 3.05) is 19.4 Å². The number of fused-ring (bicyclic) bond motifs is 2. The van der Waals surface area contributed by atoms with Gasteiger partial charge < -0.3 is 15.3 Å². The number of hydrogen-bond donors (Lipinski definition) is 3. The molecule has 0 fully saturated rings. The van der Waals surface area contributed by atoms with Gasteiger partial charge in [0, 0.05) is 54.8 Å². The third-order valence-corrected chi connectivity index (χ3v) is 6.20. The molecule has 0 unspecified atom stereocenters.